The van der Waals surface area contributed by atoms with Crippen LogP contribution in [-0.4, -0.2) is 90.1 Å². The molecule has 4 aromatic carbocycles. The number of ether oxygens (including phenoxy) is 2. The SMILES string of the molecule is C=CCOC(=O)N1CCCN(S(=O)(=O)c2ccccc2[N+](=O)[O-])Cc2cc(cc(C(=O)O)c2)CN(C(=O)OCC2c3ccccc3-c3ccccc32)CC1. The quantitative estimate of drug-likeness (QED) is 0.123. The fourth-order valence-corrected chi connectivity index (χ4v) is 8.48. The number of carboxylic acids is 1. The average molecular weight is 755 g/mol. The Morgan fingerprint density at radius 1 is 0.815 bits per heavy atom. The molecule has 0 saturated heterocycles. The van der Waals surface area contributed by atoms with Gasteiger partial charge in [-0.15, -0.1) is 0 Å². The molecule has 1 N–H and O–H groups in total. The number of nitro benzene ring substituents is 1. The first kappa shape index (κ1) is 37.7. The molecule has 0 atom stereocenters. The predicted molar refractivity (Wildman–Crippen MR) is 197 cm³/mol. The number of aromatic carboxylic acids is 1. The third-order valence-corrected chi connectivity index (χ3v) is 11.3. The van der Waals surface area contributed by atoms with Crippen LogP contribution >= 0.6 is 0 Å². The number of hydrogen-bond acceptors (Lipinski definition) is 9. The topological polar surface area (TPSA) is 177 Å². The number of nitrogens with zero attached hydrogens (tertiary/aromatic N) is 4. The van der Waals surface area contributed by atoms with Gasteiger partial charge in [-0.05, 0) is 58.0 Å². The first-order valence-electron chi connectivity index (χ1n) is 17.2. The van der Waals surface area contributed by atoms with Crippen molar-refractivity contribution in [3.8, 4) is 11.1 Å². The largest absolute Gasteiger partial charge is 0.478 e. The van der Waals surface area contributed by atoms with Crippen LogP contribution in [0.1, 0.15) is 45.0 Å². The minimum absolute atomic E-state index is 0.00460. The summed E-state index contributed by atoms with van der Waals surface area (Å²) in [5.41, 5.74) is 4.03. The molecule has 54 heavy (non-hydrogen) atoms. The standard InChI is InChI=1S/C39H38N4O10S/c1-2-20-52-38(46)40-16-9-17-42(54(50,51)36-15-8-7-14-35(36)43(48)49)25-28-21-27(22-29(23-28)37(44)45)24-41(19-18-40)39(47)53-26-34-32-12-5-3-10-30(32)31-11-4-6-13-33(31)34/h2-8,10-15,21-23,34H,1,9,16-20,24-26H2,(H,44,45). The van der Waals surface area contributed by atoms with Crippen LogP contribution in [-0.2, 0) is 32.6 Å². The number of para-hydroxylation sites is 1. The van der Waals surface area contributed by atoms with Crippen LogP contribution in [0.25, 0.3) is 11.1 Å². The van der Waals surface area contributed by atoms with Crippen molar-refractivity contribution in [2.45, 2.75) is 30.3 Å². The number of carbonyl (C=O) groups excluding carboxylic acids is 2. The summed E-state index contributed by atoms with van der Waals surface area (Å²) in [7, 11) is -4.52. The first-order chi connectivity index (χ1) is 26.0. The minimum atomic E-state index is -4.52. The molecule has 14 nitrogen and oxygen atoms in total. The van der Waals surface area contributed by atoms with Crippen molar-refractivity contribution >= 4 is 33.9 Å². The first-order valence-corrected chi connectivity index (χ1v) is 18.6. The maximum atomic E-state index is 14.1. The van der Waals surface area contributed by atoms with E-state index in [0.717, 1.165) is 38.7 Å². The fourth-order valence-electron chi connectivity index (χ4n) is 6.86. The molecule has 2 bridgehead atoms. The molecule has 0 unspecified atom stereocenters. The van der Waals surface area contributed by atoms with Gasteiger partial charge in [-0.25, -0.2) is 22.8 Å². The van der Waals surface area contributed by atoms with Crippen LogP contribution in [0.2, 0.25) is 0 Å². The van der Waals surface area contributed by atoms with Gasteiger partial charge in [0.15, 0.2) is 4.90 Å². The molecular formula is C39H38N4O10S. The number of amides is 2. The van der Waals surface area contributed by atoms with Gasteiger partial charge < -0.3 is 24.4 Å². The lowest BCUT2D eigenvalue weighted by atomic mass is 9.98. The highest BCUT2D eigenvalue weighted by Gasteiger charge is 2.33. The van der Waals surface area contributed by atoms with E-state index in [-0.39, 0.29) is 75.9 Å². The molecule has 0 spiro atoms. The van der Waals surface area contributed by atoms with Gasteiger partial charge in [-0.3, -0.25) is 10.1 Å². The van der Waals surface area contributed by atoms with E-state index in [1.807, 2.05) is 48.5 Å². The number of rotatable bonds is 8. The number of sulfonamides is 1. The van der Waals surface area contributed by atoms with E-state index in [1.54, 1.807) is 6.07 Å². The Balaban J connectivity index is 1.34. The maximum Gasteiger partial charge on any atom is 0.410 e. The summed E-state index contributed by atoms with van der Waals surface area (Å²) in [5.74, 6) is -1.50. The number of hydrogen-bond donors (Lipinski definition) is 1. The summed E-state index contributed by atoms with van der Waals surface area (Å²) in [6, 6.07) is 25.1. The van der Waals surface area contributed by atoms with Crippen molar-refractivity contribution in [2.75, 3.05) is 39.4 Å². The molecule has 2 amide bonds. The zero-order chi connectivity index (χ0) is 38.4. The normalized spacial score (nSPS) is 15.1. The summed E-state index contributed by atoms with van der Waals surface area (Å²) in [4.78, 5) is 52.6. The Bertz CT molecular complexity index is 2160. The van der Waals surface area contributed by atoms with E-state index in [1.165, 1.54) is 40.1 Å². The molecule has 0 fully saturated rings. The molecule has 280 valence electrons. The van der Waals surface area contributed by atoms with E-state index < -0.39 is 43.7 Å². The fraction of sp³-hybridized carbons (Fsp3) is 0.256. The van der Waals surface area contributed by atoms with Crippen LogP contribution in [0.15, 0.2) is 109 Å². The van der Waals surface area contributed by atoms with Gasteiger partial charge in [-0.1, -0.05) is 79.4 Å². The Morgan fingerprint density at radius 3 is 2.06 bits per heavy atom. The Morgan fingerprint density at radius 2 is 1.41 bits per heavy atom. The lowest BCUT2D eigenvalue weighted by Crippen LogP contribution is -2.42. The van der Waals surface area contributed by atoms with Crippen LogP contribution in [0.5, 0.6) is 0 Å². The van der Waals surface area contributed by atoms with Gasteiger partial charge in [0.2, 0.25) is 10.0 Å². The molecule has 4 aromatic rings. The number of nitro groups is 1. The van der Waals surface area contributed by atoms with Crippen LogP contribution in [0.3, 0.4) is 0 Å². The molecular weight excluding hydrogens is 717 g/mol. The Hall–Kier alpha value is -6.06. The predicted octanol–water partition coefficient (Wildman–Crippen LogP) is 6.26. The third kappa shape index (κ3) is 8.11. The highest BCUT2D eigenvalue weighted by Crippen LogP contribution is 2.44. The van der Waals surface area contributed by atoms with Crippen molar-refractivity contribution < 1.29 is 42.3 Å². The number of carboxylic acid groups (broad SMARTS) is 1. The average Bonchev–Trinajstić information content (AvgIpc) is 3.49. The molecule has 15 heteroatoms. The van der Waals surface area contributed by atoms with Crippen molar-refractivity contribution in [1.29, 1.82) is 0 Å². The summed E-state index contributed by atoms with van der Waals surface area (Å²) in [6.45, 7) is 2.74. The molecule has 1 aliphatic carbocycles. The zero-order valence-electron chi connectivity index (χ0n) is 29.2. The number of fused-ring (bicyclic) bond motifs is 5. The van der Waals surface area contributed by atoms with Crippen molar-refractivity contribution in [3.05, 3.63) is 142 Å². The Labute approximate surface area is 312 Å². The van der Waals surface area contributed by atoms with Gasteiger partial charge in [0, 0.05) is 51.3 Å². The minimum Gasteiger partial charge on any atom is -0.478 e. The second kappa shape index (κ2) is 16.3. The molecule has 6 rings (SSSR count). The van der Waals surface area contributed by atoms with Crippen LogP contribution in [0, 0.1) is 10.1 Å². The van der Waals surface area contributed by atoms with Crippen molar-refractivity contribution in [1.82, 2.24) is 14.1 Å². The molecule has 1 heterocycles. The van der Waals surface area contributed by atoms with E-state index in [0.29, 0.717) is 5.56 Å². The van der Waals surface area contributed by atoms with Crippen molar-refractivity contribution in [3.63, 3.8) is 0 Å². The molecule has 0 saturated carbocycles. The molecule has 0 radical (unpaired) electrons. The van der Waals surface area contributed by atoms with E-state index in [4.69, 9.17) is 9.47 Å². The highest BCUT2D eigenvalue weighted by atomic mass is 32.2. The lowest BCUT2D eigenvalue weighted by molar-refractivity contribution is -0.387. The zero-order valence-corrected chi connectivity index (χ0v) is 30.0. The van der Waals surface area contributed by atoms with Gasteiger partial charge in [-0.2, -0.15) is 4.31 Å². The summed E-state index contributed by atoms with van der Waals surface area (Å²) < 4.78 is 40.4. The second-order valence-electron chi connectivity index (χ2n) is 12.8. The van der Waals surface area contributed by atoms with Gasteiger partial charge in [0.1, 0.15) is 13.2 Å². The highest BCUT2D eigenvalue weighted by molar-refractivity contribution is 7.89. The van der Waals surface area contributed by atoms with Crippen LogP contribution < -0.4 is 0 Å². The maximum absolute atomic E-state index is 14.1. The summed E-state index contributed by atoms with van der Waals surface area (Å²) >= 11 is 0. The summed E-state index contributed by atoms with van der Waals surface area (Å²) in [5, 5.41) is 21.8. The van der Waals surface area contributed by atoms with E-state index in [9.17, 15) is 38.0 Å². The smallest absolute Gasteiger partial charge is 0.410 e. The van der Waals surface area contributed by atoms with Crippen LogP contribution in [0.4, 0.5) is 15.3 Å². The number of benzene rings is 4. The van der Waals surface area contributed by atoms with E-state index in [2.05, 4.69) is 6.58 Å². The van der Waals surface area contributed by atoms with Gasteiger partial charge in [0.05, 0.1) is 10.5 Å². The summed E-state index contributed by atoms with van der Waals surface area (Å²) in [6.07, 6.45) is 0.0441. The second-order valence-corrected chi connectivity index (χ2v) is 14.7. The van der Waals surface area contributed by atoms with Gasteiger partial charge >= 0.3 is 18.2 Å². The molecule has 1 aliphatic heterocycles. The number of carbonyl (C=O) groups is 3. The monoisotopic (exact) mass is 754 g/mol. The van der Waals surface area contributed by atoms with E-state index >= 15 is 0 Å². The Kier molecular flexibility index (Phi) is 11.4. The van der Waals surface area contributed by atoms with Gasteiger partial charge in [0.25, 0.3) is 5.69 Å². The molecule has 2 aliphatic rings. The molecule has 0 aromatic heterocycles. The van der Waals surface area contributed by atoms with Crippen molar-refractivity contribution in [2.24, 2.45) is 0 Å². The third-order valence-electron chi connectivity index (χ3n) is 9.36. The lowest BCUT2D eigenvalue weighted by Gasteiger charge is -2.28.